The third kappa shape index (κ3) is 6.72. The number of fused-ring (bicyclic) bond motifs is 1. The monoisotopic (exact) mass is 622 g/mol. The van der Waals surface area contributed by atoms with Crippen LogP contribution in [0.5, 0.6) is 5.75 Å². The average molecular weight is 623 g/mol. The lowest BCUT2D eigenvalue weighted by atomic mass is 9.88. The Morgan fingerprint density at radius 1 is 0.844 bits per heavy atom. The Bertz CT molecular complexity index is 1830. The summed E-state index contributed by atoms with van der Waals surface area (Å²) in [6.45, 7) is 0. The number of ether oxygens (including phenoxy) is 2. The quantitative estimate of drug-likeness (QED) is 0.172. The molecule has 0 fully saturated rings. The van der Waals surface area contributed by atoms with Gasteiger partial charge in [-0.2, -0.15) is 8.75 Å². The second-order valence-corrected chi connectivity index (χ2v) is 11.5. The Labute approximate surface area is 266 Å². The van der Waals surface area contributed by atoms with Crippen molar-refractivity contribution < 1.29 is 24.2 Å². The number of hydrogen-bond donors (Lipinski definition) is 1. The molecule has 0 bridgehead atoms. The lowest BCUT2D eigenvalue weighted by Crippen LogP contribution is -2.29. The zero-order valence-corrected chi connectivity index (χ0v) is 26.5. The first kappa shape index (κ1) is 31.4. The van der Waals surface area contributed by atoms with E-state index in [2.05, 4.69) is 8.75 Å². The number of rotatable bonds is 8. The van der Waals surface area contributed by atoms with Gasteiger partial charge < -0.3 is 24.4 Å². The fourth-order valence-corrected chi connectivity index (χ4v) is 5.51. The number of carbonyl (C=O) groups is 2. The van der Waals surface area contributed by atoms with Gasteiger partial charge >= 0.3 is 5.97 Å². The molecular formula is C35H34N4O5S. The predicted molar refractivity (Wildman–Crippen MR) is 178 cm³/mol. The van der Waals surface area contributed by atoms with Crippen LogP contribution < -0.4 is 14.5 Å². The summed E-state index contributed by atoms with van der Waals surface area (Å²) in [5, 5.41) is 11.8. The predicted octanol–water partition coefficient (Wildman–Crippen LogP) is 5.73. The largest absolute Gasteiger partial charge is 0.497 e. The number of hydrogen-bond acceptors (Lipinski definition) is 10. The molecule has 0 aliphatic carbocycles. The highest BCUT2D eigenvalue weighted by Crippen LogP contribution is 2.45. The number of benzene rings is 4. The highest BCUT2D eigenvalue weighted by Gasteiger charge is 2.48. The highest BCUT2D eigenvalue weighted by molar-refractivity contribution is 7.00. The van der Waals surface area contributed by atoms with Gasteiger partial charge in [0.2, 0.25) is 0 Å². The second kappa shape index (κ2) is 13.3. The zero-order chi connectivity index (χ0) is 32.1. The Kier molecular flexibility index (Phi) is 9.26. The Balaban J connectivity index is 0.000000309. The van der Waals surface area contributed by atoms with Crippen molar-refractivity contribution in [2.24, 2.45) is 0 Å². The molecule has 10 heteroatoms. The Morgan fingerprint density at radius 3 is 2.02 bits per heavy atom. The maximum absolute atomic E-state index is 13.2. The fourth-order valence-electron chi connectivity index (χ4n) is 4.99. The molecule has 9 nitrogen and oxygen atoms in total. The minimum absolute atomic E-state index is 0.324. The van der Waals surface area contributed by atoms with Crippen LogP contribution in [0.25, 0.3) is 16.6 Å². The van der Waals surface area contributed by atoms with Gasteiger partial charge in [0.1, 0.15) is 23.1 Å². The van der Waals surface area contributed by atoms with Crippen molar-refractivity contribution in [3.63, 3.8) is 0 Å². The van der Waals surface area contributed by atoms with E-state index < -0.39 is 11.8 Å². The summed E-state index contributed by atoms with van der Waals surface area (Å²) < 4.78 is 19.5. The van der Waals surface area contributed by atoms with Crippen molar-refractivity contribution in [3.05, 3.63) is 119 Å². The van der Waals surface area contributed by atoms with Gasteiger partial charge in [-0.05, 0) is 83.9 Å². The van der Waals surface area contributed by atoms with E-state index in [0.29, 0.717) is 40.0 Å². The summed E-state index contributed by atoms with van der Waals surface area (Å²) >= 11 is 1.11. The molecule has 1 atom stereocenters. The van der Waals surface area contributed by atoms with E-state index in [1.165, 1.54) is 0 Å². The fraction of sp³-hybridized carbons (Fsp3) is 0.200. The van der Waals surface area contributed by atoms with Crippen molar-refractivity contribution in [2.45, 2.75) is 12.2 Å². The lowest BCUT2D eigenvalue weighted by Gasteiger charge is -2.26. The third-order valence-electron chi connectivity index (χ3n) is 7.56. The minimum Gasteiger partial charge on any atom is -0.497 e. The Morgan fingerprint density at radius 2 is 1.44 bits per heavy atom. The smallest absolute Gasteiger partial charge is 0.342 e. The molecular weight excluding hydrogens is 588 g/mol. The standard InChI is InChI=1S/C26H23N3O4S.C9H11NO/c1-29(2)19-9-4-16(5-10-19)14-21-24(17-6-13-22-23(15-17)28-34-27-22)25(30)33-26(21,31)18-7-11-20(32-3)12-8-18;1-10(2)9-5-3-8(7-11)4-6-9/h4-13,15,31H,14H2,1-3H3;3-7H,1-2H3. The molecule has 2 heterocycles. The molecule has 0 saturated carbocycles. The van der Waals surface area contributed by atoms with E-state index in [1.807, 2.05) is 105 Å². The van der Waals surface area contributed by atoms with E-state index in [9.17, 15) is 14.7 Å². The summed E-state index contributed by atoms with van der Waals surface area (Å²) in [6, 6.07) is 27.8. The summed E-state index contributed by atoms with van der Waals surface area (Å²) in [6.07, 6.45) is 1.17. The molecule has 0 amide bonds. The average Bonchev–Trinajstić information content (AvgIpc) is 3.62. The molecule has 5 aromatic rings. The van der Waals surface area contributed by atoms with E-state index in [0.717, 1.165) is 46.0 Å². The lowest BCUT2D eigenvalue weighted by molar-refractivity contribution is -0.185. The summed E-state index contributed by atoms with van der Waals surface area (Å²) in [4.78, 5) is 27.5. The van der Waals surface area contributed by atoms with Crippen LogP contribution in [-0.2, 0) is 21.7 Å². The molecule has 1 aliphatic rings. The molecule has 45 heavy (non-hydrogen) atoms. The van der Waals surface area contributed by atoms with E-state index in [1.54, 1.807) is 31.4 Å². The van der Waals surface area contributed by atoms with Gasteiger partial charge in [0, 0.05) is 62.7 Å². The van der Waals surface area contributed by atoms with Gasteiger partial charge in [0.25, 0.3) is 5.79 Å². The van der Waals surface area contributed by atoms with Crippen molar-refractivity contribution in [2.75, 3.05) is 45.1 Å². The first-order valence-electron chi connectivity index (χ1n) is 14.2. The van der Waals surface area contributed by atoms with E-state index in [4.69, 9.17) is 9.47 Å². The molecule has 1 aromatic heterocycles. The number of anilines is 2. The molecule has 4 aromatic carbocycles. The van der Waals surface area contributed by atoms with Crippen LogP contribution in [0.1, 0.15) is 27.0 Å². The first-order valence-corrected chi connectivity index (χ1v) is 14.9. The maximum Gasteiger partial charge on any atom is 0.342 e. The molecule has 230 valence electrons. The normalized spacial score (nSPS) is 15.7. The van der Waals surface area contributed by atoms with Crippen LogP contribution in [-0.4, -0.2) is 61.4 Å². The van der Waals surface area contributed by atoms with Crippen molar-refractivity contribution >= 4 is 52.0 Å². The van der Waals surface area contributed by atoms with E-state index >= 15 is 0 Å². The van der Waals surface area contributed by atoms with Gasteiger partial charge in [0.05, 0.1) is 24.4 Å². The van der Waals surface area contributed by atoms with Crippen LogP contribution in [0.3, 0.4) is 0 Å². The molecule has 0 spiro atoms. The first-order chi connectivity index (χ1) is 21.6. The van der Waals surface area contributed by atoms with Crippen LogP contribution >= 0.6 is 11.7 Å². The number of carbonyl (C=O) groups excluding carboxylic acids is 2. The Hall–Kier alpha value is -5.06. The topological polar surface area (TPSA) is 105 Å². The van der Waals surface area contributed by atoms with Crippen molar-refractivity contribution in [1.29, 1.82) is 0 Å². The molecule has 6 rings (SSSR count). The molecule has 1 N–H and O–H groups in total. The van der Waals surface area contributed by atoms with Crippen LogP contribution in [0.2, 0.25) is 0 Å². The summed E-state index contributed by atoms with van der Waals surface area (Å²) in [5.41, 5.74) is 7.18. The number of methoxy groups -OCH3 is 1. The summed E-state index contributed by atoms with van der Waals surface area (Å²) in [7, 11) is 9.46. The van der Waals surface area contributed by atoms with Gasteiger partial charge in [-0.3, -0.25) is 4.79 Å². The van der Waals surface area contributed by atoms with Crippen molar-refractivity contribution in [3.8, 4) is 5.75 Å². The van der Waals surface area contributed by atoms with Gasteiger partial charge in [-0.15, -0.1) is 0 Å². The number of aliphatic hydroxyl groups is 1. The minimum atomic E-state index is -1.91. The number of cyclic esters (lactones) is 1. The zero-order valence-electron chi connectivity index (χ0n) is 25.7. The third-order valence-corrected chi connectivity index (χ3v) is 8.11. The van der Waals surface area contributed by atoms with Crippen LogP contribution in [0.4, 0.5) is 11.4 Å². The number of esters is 1. The molecule has 1 unspecified atom stereocenters. The molecule has 0 radical (unpaired) electrons. The summed E-state index contributed by atoms with van der Waals surface area (Å²) in [5.74, 6) is -1.85. The number of aromatic nitrogens is 2. The van der Waals surface area contributed by atoms with Gasteiger partial charge in [-0.1, -0.05) is 18.2 Å². The SMILES string of the molecule is CN(C)c1ccc(C=O)cc1.COc1ccc(C2(O)OC(=O)C(c3ccc4nsnc4c3)=C2Cc2ccc(N(C)C)cc2)cc1. The molecule has 0 saturated heterocycles. The van der Waals surface area contributed by atoms with E-state index in [-0.39, 0.29) is 0 Å². The van der Waals surface area contributed by atoms with Crippen molar-refractivity contribution in [1.82, 2.24) is 8.75 Å². The highest BCUT2D eigenvalue weighted by atomic mass is 32.1. The maximum atomic E-state index is 13.2. The van der Waals surface area contributed by atoms with Crippen LogP contribution in [0.15, 0.2) is 96.6 Å². The number of aldehydes is 1. The second-order valence-electron chi connectivity index (χ2n) is 10.9. The van der Waals surface area contributed by atoms with Gasteiger partial charge in [-0.25, -0.2) is 4.79 Å². The van der Waals surface area contributed by atoms with Crippen LogP contribution in [0, 0.1) is 0 Å². The number of nitrogens with zero attached hydrogens (tertiary/aromatic N) is 4. The molecule has 1 aliphatic heterocycles. The van der Waals surface area contributed by atoms with Gasteiger partial charge in [0.15, 0.2) is 0 Å².